The van der Waals surface area contributed by atoms with Crippen molar-refractivity contribution in [3.8, 4) is 0 Å². The first-order valence-corrected chi connectivity index (χ1v) is 8.54. The van der Waals surface area contributed by atoms with Gasteiger partial charge < -0.3 is 20.3 Å². The Morgan fingerprint density at radius 2 is 2.22 bits per heavy atom. The molecule has 1 spiro atoms. The molecule has 2 fully saturated rings. The average Bonchev–Trinajstić information content (AvgIpc) is 3.01. The van der Waals surface area contributed by atoms with Crippen LogP contribution in [0.15, 0.2) is 12.4 Å². The van der Waals surface area contributed by atoms with Gasteiger partial charge in [-0.15, -0.1) is 0 Å². The van der Waals surface area contributed by atoms with Crippen LogP contribution in [0.2, 0.25) is 0 Å². The lowest BCUT2D eigenvalue weighted by Gasteiger charge is -2.49. The minimum Gasteiger partial charge on any atom is -0.383 e. The minimum atomic E-state index is 0.0119. The normalized spacial score (nSPS) is 20.7. The Hall–Kier alpha value is -1.60. The highest BCUT2D eigenvalue weighted by molar-refractivity contribution is 5.89. The van der Waals surface area contributed by atoms with Gasteiger partial charge in [0.05, 0.1) is 25.0 Å². The van der Waals surface area contributed by atoms with Crippen LogP contribution in [0.1, 0.15) is 32.1 Å². The number of ether oxygens (including phenoxy) is 1. The summed E-state index contributed by atoms with van der Waals surface area (Å²) in [6.45, 7) is 4.14. The molecule has 0 saturated carbocycles. The van der Waals surface area contributed by atoms with E-state index in [9.17, 15) is 4.79 Å². The SMILES string of the molecule is COCCn1cc(NC(=O)N2CCCCC23CCNCC3)cn1. The lowest BCUT2D eigenvalue weighted by Crippen LogP contribution is -2.59. The number of carbonyl (C=O) groups excluding carboxylic acids is 1. The van der Waals surface area contributed by atoms with Gasteiger partial charge in [-0.2, -0.15) is 5.10 Å². The van der Waals surface area contributed by atoms with Crippen LogP contribution in [0, 0.1) is 0 Å². The molecule has 1 aromatic heterocycles. The number of nitrogens with zero attached hydrogens (tertiary/aromatic N) is 3. The molecule has 0 aliphatic carbocycles. The third-order valence-corrected chi connectivity index (χ3v) is 5.03. The van der Waals surface area contributed by atoms with Crippen molar-refractivity contribution < 1.29 is 9.53 Å². The maximum absolute atomic E-state index is 12.8. The van der Waals surface area contributed by atoms with Gasteiger partial charge in [0.2, 0.25) is 0 Å². The van der Waals surface area contributed by atoms with Gasteiger partial charge in [0.25, 0.3) is 0 Å². The first kappa shape index (κ1) is 16.3. The smallest absolute Gasteiger partial charge is 0.322 e. The van der Waals surface area contributed by atoms with Crippen LogP contribution in [-0.2, 0) is 11.3 Å². The van der Waals surface area contributed by atoms with Gasteiger partial charge >= 0.3 is 6.03 Å². The largest absolute Gasteiger partial charge is 0.383 e. The first-order valence-electron chi connectivity index (χ1n) is 8.54. The van der Waals surface area contributed by atoms with Crippen LogP contribution in [0.3, 0.4) is 0 Å². The van der Waals surface area contributed by atoms with Crippen LogP contribution in [0.4, 0.5) is 10.5 Å². The number of methoxy groups -OCH3 is 1. The molecule has 7 heteroatoms. The van der Waals surface area contributed by atoms with E-state index in [1.165, 1.54) is 6.42 Å². The summed E-state index contributed by atoms with van der Waals surface area (Å²) in [6, 6.07) is 0.0119. The lowest BCUT2D eigenvalue weighted by atomic mass is 9.79. The Morgan fingerprint density at radius 1 is 1.39 bits per heavy atom. The van der Waals surface area contributed by atoms with Crippen LogP contribution in [0.25, 0.3) is 0 Å². The van der Waals surface area contributed by atoms with Crippen molar-refractivity contribution in [1.82, 2.24) is 20.0 Å². The number of rotatable bonds is 4. The maximum Gasteiger partial charge on any atom is 0.322 e. The number of amides is 2. The number of carbonyl (C=O) groups is 1. The molecule has 2 aliphatic heterocycles. The number of aromatic nitrogens is 2. The van der Waals surface area contributed by atoms with Crippen molar-refractivity contribution in [3.05, 3.63) is 12.4 Å². The fourth-order valence-corrected chi connectivity index (χ4v) is 3.75. The van der Waals surface area contributed by atoms with Gasteiger partial charge in [-0.1, -0.05) is 0 Å². The molecule has 0 bridgehead atoms. The van der Waals surface area contributed by atoms with E-state index in [2.05, 4.69) is 20.6 Å². The summed E-state index contributed by atoms with van der Waals surface area (Å²) in [6.07, 6.45) is 9.09. The molecule has 7 nitrogen and oxygen atoms in total. The fourth-order valence-electron chi connectivity index (χ4n) is 3.75. The van der Waals surface area contributed by atoms with Crippen molar-refractivity contribution in [1.29, 1.82) is 0 Å². The van der Waals surface area contributed by atoms with Gasteiger partial charge in [-0.25, -0.2) is 4.79 Å². The van der Waals surface area contributed by atoms with Gasteiger partial charge in [-0.05, 0) is 45.2 Å². The zero-order chi connectivity index (χ0) is 16.1. The molecule has 0 aromatic carbocycles. The summed E-state index contributed by atoms with van der Waals surface area (Å²) < 4.78 is 6.83. The Labute approximate surface area is 137 Å². The van der Waals surface area contributed by atoms with Crippen LogP contribution >= 0.6 is 0 Å². The number of anilines is 1. The van der Waals surface area contributed by atoms with E-state index in [0.29, 0.717) is 13.2 Å². The molecule has 2 saturated heterocycles. The van der Waals surface area contributed by atoms with Crippen LogP contribution in [0.5, 0.6) is 0 Å². The van der Waals surface area contributed by atoms with Crippen molar-refractivity contribution in [2.75, 3.05) is 38.7 Å². The van der Waals surface area contributed by atoms with Crippen molar-refractivity contribution in [3.63, 3.8) is 0 Å². The van der Waals surface area contributed by atoms with Crippen molar-refractivity contribution in [2.45, 2.75) is 44.2 Å². The van der Waals surface area contributed by atoms with E-state index in [0.717, 1.165) is 51.0 Å². The van der Waals surface area contributed by atoms with E-state index in [1.807, 2.05) is 6.20 Å². The van der Waals surface area contributed by atoms with Gasteiger partial charge in [0.15, 0.2) is 0 Å². The molecular weight excluding hydrogens is 294 g/mol. The fraction of sp³-hybridized carbons (Fsp3) is 0.750. The zero-order valence-corrected chi connectivity index (χ0v) is 13.9. The maximum atomic E-state index is 12.8. The van der Waals surface area contributed by atoms with E-state index >= 15 is 0 Å². The molecule has 3 rings (SSSR count). The lowest BCUT2D eigenvalue weighted by molar-refractivity contribution is 0.0570. The summed E-state index contributed by atoms with van der Waals surface area (Å²) in [7, 11) is 1.67. The summed E-state index contributed by atoms with van der Waals surface area (Å²) in [5, 5.41) is 10.7. The standard InChI is InChI=1S/C16H27N5O2/c1-23-11-10-20-13-14(12-18-20)19-15(22)21-9-3-2-4-16(21)5-7-17-8-6-16/h12-13,17H,2-11H2,1H3,(H,19,22). The van der Waals surface area contributed by atoms with Crippen LogP contribution in [-0.4, -0.2) is 59.6 Å². The van der Waals surface area contributed by atoms with Gasteiger partial charge in [0.1, 0.15) is 0 Å². The number of likely N-dealkylation sites (tertiary alicyclic amines) is 1. The molecule has 2 aliphatic rings. The molecule has 128 valence electrons. The molecule has 2 amide bonds. The second-order valence-electron chi connectivity index (χ2n) is 6.50. The highest BCUT2D eigenvalue weighted by Crippen LogP contribution is 2.36. The summed E-state index contributed by atoms with van der Waals surface area (Å²) in [5.41, 5.74) is 0.792. The third-order valence-electron chi connectivity index (χ3n) is 5.03. The molecule has 0 unspecified atom stereocenters. The quantitative estimate of drug-likeness (QED) is 0.885. The number of urea groups is 1. The minimum absolute atomic E-state index is 0.0119. The highest BCUT2D eigenvalue weighted by atomic mass is 16.5. The summed E-state index contributed by atoms with van der Waals surface area (Å²) >= 11 is 0. The predicted octanol–water partition coefficient (Wildman–Crippen LogP) is 1.67. The molecule has 23 heavy (non-hydrogen) atoms. The Morgan fingerprint density at radius 3 is 3.00 bits per heavy atom. The van der Waals surface area contributed by atoms with Gasteiger partial charge in [0, 0.05) is 25.4 Å². The first-order chi connectivity index (χ1) is 11.2. The molecule has 0 radical (unpaired) electrons. The number of hydrogen-bond donors (Lipinski definition) is 2. The summed E-state index contributed by atoms with van der Waals surface area (Å²) in [5.74, 6) is 0. The number of piperidine rings is 2. The second-order valence-corrected chi connectivity index (χ2v) is 6.50. The molecule has 1 aromatic rings. The van der Waals surface area contributed by atoms with Crippen LogP contribution < -0.4 is 10.6 Å². The average molecular weight is 321 g/mol. The topological polar surface area (TPSA) is 71.4 Å². The predicted molar refractivity (Wildman–Crippen MR) is 88.5 cm³/mol. The van der Waals surface area contributed by atoms with Gasteiger partial charge in [-0.3, -0.25) is 4.68 Å². The molecule has 3 heterocycles. The van der Waals surface area contributed by atoms with Crippen molar-refractivity contribution >= 4 is 11.7 Å². The zero-order valence-electron chi connectivity index (χ0n) is 13.9. The number of hydrogen-bond acceptors (Lipinski definition) is 4. The highest BCUT2D eigenvalue weighted by Gasteiger charge is 2.42. The van der Waals surface area contributed by atoms with E-state index < -0.39 is 0 Å². The monoisotopic (exact) mass is 321 g/mol. The van der Waals surface area contributed by atoms with E-state index in [4.69, 9.17) is 4.74 Å². The Balaban J connectivity index is 1.65. The second kappa shape index (κ2) is 7.31. The molecular formula is C16H27N5O2. The van der Waals surface area contributed by atoms with E-state index in [1.54, 1.807) is 18.0 Å². The van der Waals surface area contributed by atoms with E-state index in [-0.39, 0.29) is 11.6 Å². The molecule has 0 atom stereocenters. The Bertz CT molecular complexity index is 516. The summed E-state index contributed by atoms with van der Waals surface area (Å²) in [4.78, 5) is 14.9. The molecule has 2 N–H and O–H groups in total. The third kappa shape index (κ3) is 3.67. The van der Waals surface area contributed by atoms with Crippen molar-refractivity contribution in [2.24, 2.45) is 0 Å². The Kier molecular flexibility index (Phi) is 5.17. The number of nitrogens with one attached hydrogen (secondary N) is 2.